The molecule has 1 aromatic carbocycles. The third kappa shape index (κ3) is 4.00. The van der Waals surface area contributed by atoms with E-state index in [0.717, 1.165) is 18.5 Å². The molecule has 1 rings (SSSR count). The normalized spacial score (nSPS) is 12.8. The van der Waals surface area contributed by atoms with Crippen LogP contribution in [-0.2, 0) is 0 Å². The fourth-order valence-corrected chi connectivity index (χ4v) is 1.81. The van der Waals surface area contributed by atoms with Crippen molar-refractivity contribution in [3.05, 3.63) is 29.6 Å². The molecule has 2 nitrogen and oxygen atoms in total. The largest absolute Gasteiger partial charge is 0.494 e. The van der Waals surface area contributed by atoms with Gasteiger partial charge in [-0.25, -0.2) is 4.39 Å². The van der Waals surface area contributed by atoms with Crippen LogP contribution in [-0.4, -0.2) is 19.7 Å². The summed E-state index contributed by atoms with van der Waals surface area (Å²) in [6.07, 6.45) is 0.919. The Morgan fingerprint density at radius 2 is 2.00 bits per heavy atom. The van der Waals surface area contributed by atoms with E-state index in [0.29, 0.717) is 11.8 Å². The minimum absolute atomic E-state index is 0.191. The predicted octanol–water partition coefficient (Wildman–Crippen LogP) is 3.33. The summed E-state index contributed by atoms with van der Waals surface area (Å²) in [7, 11) is 1.49. The second-order valence-electron chi connectivity index (χ2n) is 4.66. The van der Waals surface area contributed by atoms with Gasteiger partial charge in [-0.2, -0.15) is 0 Å². The van der Waals surface area contributed by atoms with Gasteiger partial charge in [-0.15, -0.1) is 0 Å². The molecule has 0 aliphatic carbocycles. The Kier molecular flexibility index (Phi) is 5.42. The summed E-state index contributed by atoms with van der Waals surface area (Å²) >= 11 is 0. The van der Waals surface area contributed by atoms with Crippen LogP contribution in [0.3, 0.4) is 0 Å². The average Bonchev–Trinajstić information content (AvgIpc) is 2.28. The van der Waals surface area contributed by atoms with Gasteiger partial charge in [-0.05, 0) is 30.5 Å². The lowest BCUT2D eigenvalue weighted by Gasteiger charge is -2.16. The summed E-state index contributed by atoms with van der Waals surface area (Å²) in [5, 5.41) is 3.34. The molecule has 1 N–H and O–H groups in total. The topological polar surface area (TPSA) is 21.3 Å². The van der Waals surface area contributed by atoms with Crippen molar-refractivity contribution in [1.29, 1.82) is 0 Å². The van der Waals surface area contributed by atoms with Crippen LogP contribution < -0.4 is 10.1 Å². The van der Waals surface area contributed by atoms with Gasteiger partial charge in [0.2, 0.25) is 0 Å². The lowest BCUT2D eigenvalue weighted by atomic mass is 9.97. The zero-order chi connectivity index (χ0) is 12.8. The molecule has 1 atom stereocenters. The van der Waals surface area contributed by atoms with E-state index in [1.165, 1.54) is 7.11 Å². The molecule has 1 unspecified atom stereocenters. The van der Waals surface area contributed by atoms with Crippen LogP contribution in [0.15, 0.2) is 18.2 Å². The van der Waals surface area contributed by atoms with Crippen LogP contribution >= 0.6 is 0 Å². The number of ether oxygens (including phenoxy) is 1. The number of halogens is 1. The first-order chi connectivity index (χ1) is 8.06. The van der Waals surface area contributed by atoms with Crippen molar-refractivity contribution in [2.24, 2.45) is 0 Å². The first-order valence-electron chi connectivity index (χ1n) is 6.12. The second-order valence-corrected chi connectivity index (χ2v) is 4.66. The summed E-state index contributed by atoms with van der Waals surface area (Å²) in [5.41, 5.74) is 0.731. The van der Waals surface area contributed by atoms with Crippen molar-refractivity contribution in [3.8, 4) is 5.75 Å². The summed E-state index contributed by atoms with van der Waals surface area (Å²) in [6, 6.07) is 5.79. The Labute approximate surface area is 103 Å². The van der Waals surface area contributed by atoms with Crippen LogP contribution in [0.2, 0.25) is 0 Å². The highest BCUT2D eigenvalue weighted by Gasteiger charge is 2.14. The molecule has 0 bridgehead atoms. The lowest BCUT2D eigenvalue weighted by molar-refractivity contribution is 0.381. The van der Waals surface area contributed by atoms with Gasteiger partial charge >= 0.3 is 0 Å². The summed E-state index contributed by atoms with van der Waals surface area (Å²) < 4.78 is 19.0. The molecule has 0 heterocycles. The molecule has 0 aromatic heterocycles. The maximum absolute atomic E-state index is 14.0. The molecule has 3 heteroatoms. The first-order valence-corrected chi connectivity index (χ1v) is 6.12. The molecule has 1 aromatic rings. The van der Waals surface area contributed by atoms with Crippen molar-refractivity contribution in [3.63, 3.8) is 0 Å². The van der Waals surface area contributed by atoms with Gasteiger partial charge in [0.05, 0.1) is 7.11 Å². The monoisotopic (exact) mass is 239 g/mol. The van der Waals surface area contributed by atoms with Gasteiger partial charge in [0.1, 0.15) is 0 Å². The molecule has 0 aliphatic rings. The van der Waals surface area contributed by atoms with Gasteiger partial charge < -0.3 is 10.1 Å². The highest BCUT2D eigenvalue weighted by molar-refractivity contribution is 5.33. The van der Waals surface area contributed by atoms with Crippen molar-refractivity contribution in [2.45, 2.75) is 39.2 Å². The van der Waals surface area contributed by atoms with E-state index in [9.17, 15) is 4.39 Å². The number of hydrogen-bond donors (Lipinski definition) is 1. The highest BCUT2D eigenvalue weighted by Crippen LogP contribution is 2.27. The Balaban J connectivity index is 2.65. The van der Waals surface area contributed by atoms with E-state index in [4.69, 9.17) is 4.74 Å². The smallest absolute Gasteiger partial charge is 0.168 e. The Hall–Kier alpha value is -1.09. The molecular weight excluding hydrogens is 217 g/mol. The van der Waals surface area contributed by atoms with Crippen LogP contribution in [0.4, 0.5) is 4.39 Å². The van der Waals surface area contributed by atoms with E-state index in [1.807, 2.05) is 19.1 Å². The molecule has 0 fully saturated rings. The fraction of sp³-hybridized carbons (Fsp3) is 0.571. The zero-order valence-electron chi connectivity index (χ0n) is 11.1. The van der Waals surface area contributed by atoms with Crippen LogP contribution in [0.5, 0.6) is 5.75 Å². The molecule has 17 heavy (non-hydrogen) atoms. The summed E-state index contributed by atoms with van der Waals surface area (Å²) in [4.78, 5) is 0. The number of nitrogens with one attached hydrogen (secondary N) is 1. The van der Waals surface area contributed by atoms with Crippen molar-refractivity contribution < 1.29 is 9.13 Å². The molecule has 0 aliphatic heterocycles. The minimum atomic E-state index is -0.230. The number of methoxy groups -OCH3 is 1. The fourth-order valence-electron chi connectivity index (χ4n) is 1.81. The molecule has 0 saturated carbocycles. The highest BCUT2D eigenvalue weighted by atomic mass is 19.1. The third-order valence-electron chi connectivity index (χ3n) is 2.87. The zero-order valence-corrected chi connectivity index (χ0v) is 11.1. The molecule has 0 amide bonds. The Bertz CT molecular complexity index is 352. The molecule has 96 valence electrons. The van der Waals surface area contributed by atoms with Gasteiger partial charge in [0.15, 0.2) is 11.6 Å². The van der Waals surface area contributed by atoms with Crippen molar-refractivity contribution >= 4 is 0 Å². The van der Waals surface area contributed by atoms with Gasteiger partial charge in [0.25, 0.3) is 0 Å². The van der Waals surface area contributed by atoms with E-state index >= 15 is 0 Å². The van der Waals surface area contributed by atoms with E-state index in [2.05, 4.69) is 19.2 Å². The quantitative estimate of drug-likeness (QED) is 0.822. The molecule has 0 saturated heterocycles. The lowest BCUT2D eigenvalue weighted by Crippen LogP contribution is -2.24. The van der Waals surface area contributed by atoms with Gasteiger partial charge in [0, 0.05) is 6.04 Å². The standard InChI is InChI=1S/C14H22FNO/c1-10(2)16-9-8-11(3)12-6-5-7-13(17-4)14(12)15/h5-7,10-11,16H,8-9H2,1-4H3. The first kappa shape index (κ1) is 14.0. The van der Waals surface area contributed by atoms with Crippen LogP contribution in [0.25, 0.3) is 0 Å². The van der Waals surface area contributed by atoms with Crippen molar-refractivity contribution in [1.82, 2.24) is 5.32 Å². The summed E-state index contributed by atoms with van der Waals surface area (Å²) in [5.74, 6) is 0.287. The van der Waals surface area contributed by atoms with Gasteiger partial charge in [-0.3, -0.25) is 0 Å². The number of hydrogen-bond acceptors (Lipinski definition) is 2. The Morgan fingerprint density at radius 3 is 2.59 bits per heavy atom. The van der Waals surface area contributed by atoms with Crippen LogP contribution in [0, 0.1) is 5.82 Å². The minimum Gasteiger partial charge on any atom is -0.494 e. The molecule has 0 spiro atoms. The predicted molar refractivity (Wildman–Crippen MR) is 69.1 cm³/mol. The number of benzene rings is 1. The van der Waals surface area contributed by atoms with Crippen molar-refractivity contribution in [2.75, 3.05) is 13.7 Å². The van der Waals surface area contributed by atoms with Crippen LogP contribution in [0.1, 0.15) is 38.7 Å². The van der Waals surface area contributed by atoms with E-state index < -0.39 is 0 Å². The maximum atomic E-state index is 14.0. The SMILES string of the molecule is COc1cccc(C(C)CCNC(C)C)c1F. The van der Waals surface area contributed by atoms with E-state index in [-0.39, 0.29) is 11.7 Å². The molecule has 0 radical (unpaired) electrons. The molecular formula is C14H22FNO. The van der Waals surface area contributed by atoms with E-state index in [1.54, 1.807) is 6.07 Å². The van der Waals surface area contributed by atoms with Gasteiger partial charge in [-0.1, -0.05) is 32.9 Å². The average molecular weight is 239 g/mol. The second kappa shape index (κ2) is 6.60. The number of rotatable bonds is 6. The third-order valence-corrected chi connectivity index (χ3v) is 2.87. The Morgan fingerprint density at radius 1 is 1.29 bits per heavy atom. The maximum Gasteiger partial charge on any atom is 0.168 e. The summed E-state index contributed by atoms with van der Waals surface area (Å²) in [6.45, 7) is 7.16.